The van der Waals surface area contributed by atoms with Crippen molar-refractivity contribution >= 4 is 40.6 Å². The summed E-state index contributed by atoms with van der Waals surface area (Å²) in [6.45, 7) is 5.69. The zero-order valence-corrected chi connectivity index (χ0v) is 14.0. The van der Waals surface area contributed by atoms with E-state index in [9.17, 15) is 4.79 Å². The Bertz CT molecular complexity index is 681. The van der Waals surface area contributed by atoms with E-state index in [2.05, 4.69) is 20.8 Å². The van der Waals surface area contributed by atoms with Gasteiger partial charge in [-0.25, -0.2) is 0 Å². The summed E-state index contributed by atoms with van der Waals surface area (Å²) in [5, 5.41) is 14.8. The number of halogens is 2. The van der Waals surface area contributed by atoms with Gasteiger partial charge in [0.1, 0.15) is 0 Å². The highest BCUT2D eigenvalue weighted by Gasteiger charge is 2.16. The minimum absolute atomic E-state index is 0.248. The van der Waals surface area contributed by atoms with Crippen LogP contribution in [0.15, 0.2) is 30.3 Å². The molecule has 0 atom stereocenters. The van der Waals surface area contributed by atoms with Crippen LogP contribution in [0.3, 0.4) is 0 Å². The molecule has 0 spiro atoms. The summed E-state index contributed by atoms with van der Waals surface area (Å²) < 4.78 is 0. The highest BCUT2D eigenvalue weighted by molar-refractivity contribution is 6.35. The summed E-state index contributed by atoms with van der Waals surface area (Å²) in [5.74, 6) is 0.198. The van der Waals surface area contributed by atoms with Crippen molar-refractivity contribution in [2.75, 3.05) is 5.32 Å². The molecule has 7 heteroatoms. The van der Waals surface area contributed by atoms with E-state index in [0.29, 0.717) is 21.6 Å². The summed E-state index contributed by atoms with van der Waals surface area (Å²) in [6.07, 6.45) is 0. The molecule has 1 aromatic heterocycles. The Morgan fingerprint density at radius 3 is 2.41 bits per heavy atom. The van der Waals surface area contributed by atoms with E-state index in [1.54, 1.807) is 30.3 Å². The van der Waals surface area contributed by atoms with E-state index in [4.69, 9.17) is 23.2 Å². The minimum atomic E-state index is -0.329. The van der Waals surface area contributed by atoms with Crippen molar-refractivity contribution in [3.8, 4) is 0 Å². The van der Waals surface area contributed by atoms with Crippen LogP contribution in [0.2, 0.25) is 10.0 Å². The van der Waals surface area contributed by atoms with Crippen LogP contribution in [-0.2, 0) is 0 Å². The van der Waals surface area contributed by atoms with Gasteiger partial charge in [-0.15, -0.1) is 10.2 Å². The molecular formula is C15H16Cl2N4O. The number of anilines is 2. The second kappa shape index (κ2) is 6.50. The van der Waals surface area contributed by atoms with Crippen LogP contribution in [0.1, 0.15) is 31.3 Å². The van der Waals surface area contributed by atoms with E-state index in [1.165, 1.54) is 0 Å². The van der Waals surface area contributed by atoms with Gasteiger partial charge < -0.3 is 10.6 Å². The molecule has 0 unspecified atom stereocenters. The fourth-order valence-electron chi connectivity index (χ4n) is 1.66. The molecule has 0 bridgehead atoms. The topological polar surface area (TPSA) is 66.9 Å². The lowest BCUT2D eigenvalue weighted by atomic mass is 10.1. The lowest BCUT2D eigenvalue weighted by Crippen LogP contribution is -2.41. The normalized spacial score (nSPS) is 11.1. The molecule has 1 heterocycles. The SMILES string of the molecule is CC(C)(C)NC(=O)c1ccc(Nc2cc(Cl)ccc2Cl)nn1. The van der Waals surface area contributed by atoms with E-state index in [1.807, 2.05) is 20.8 Å². The second-order valence-electron chi connectivity index (χ2n) is 5.76. The van der Waals surface area contributed by atoms with Crippen LogP contribution in [0.25, 0.3) is 0 Å². The maximum atomic E-state index is 12.0. The number of aromatic nitrogens is 2. The molecule has 1 amide bonds. The summed E-state index contributed by atoms with van der Waals surface area (Å²) in [6, 6.07) is 8.31. The Kier molecular flexibility index (Phi) is 4.88. The third-order valence-corrected chi connectivity index (χ3v) is 3.14. The largest absolute Gasteiger partial charge is 0.346 e. The molecule has 0 saturated carbocycles. The molecule has 5 nitrogen and oxygen atoms in total. The predicted octanol–water partition coefficient (Wildman–Crippen LogP) is 4.06. The van der Waals surface area contributed by atoms with Gasteiger partial charge in [-0.05, 0) is 51.1 Å². The van der Waals surface area contributed by atoms with Crippen LogP contribution in [0.4, 0.5) is 11.5 Å². The number of benzene rings is 1. The zero-order valence-electron chi connectivity index (χ0n) is 12.4. The van der Waals surface area contributed by atoms with Crippen LogP contribution in [0, 0.1) is 0 Å². The Morgan fingerprint density at radius 2 is 1.82 bits per heavy atom. The Morgan fingerprint density at radius 1 is 1.09 bits per heavy atom. The van der Waals surface area contributed by atoms with Crippen LogP contribution in [0.5, 0.6) is 0 Å². The fraction of sp³-hybridized carbons (Fsp3) is 0.267. The third kappa shape index (κ3) is 4.58. The lowest BCUT2D eigenvalue weighted by molar-refractivity contribution is 0.0913. The summed E-state index contributed by atoms with van der Waals surface area (Å²) in [7, 11) is 0. The second-order valence-corrected chi connectivity index (χ2v) is 6.60. The Hall–Kier alpha value is -1.85. The molecule has 0 fully saturated rings. The van der Waals surface area contributed by atoms with Crippen molar-refractivity contribution in [2.45, 2.75) is 26.3 Å². The number of rotatable bonds is 3. The highest BCUT2D eigenvalue weighted by atomic mass is 35.5. The van der Waals surface area contributed by atoms with E-state index in [-0.39, 0.29) is 17.1 Å². The van der Waals surface area contributed by atoms with Crippen LogP contribution >= 0.6 is 23.2 Å². The average Bonchev–Trinajstić information content (AvgIpc) is 2.42. The molecule has 2 N–H and O–H groups in total. The van der Waals surface area contributed by atoms with E-state index >= 15 is 0 Å². The number of hydrogen-bond acceptors (Lipinski definition) is 4. The monoisotopic (exact) mass is 338 g/mol. The predicted molar refractivity (Wildman–Crippen MR) is 89.0 cm³/mol. The van der Waals surface area contributed by atoms with E-state index < -0.39 is 0 Å². The maximum Gasteiger partial charge on any atom is 0.272 e. The lowest BCUT2D eigenvalue weighted by Gasteiger charge is -2.19. The van der Waals surface area contributed by atoms with Crippen molar-refractivity contribution in [1.29, 1.82) is 0 Å². The first kappa shape index (κ1) is 16.5. The molecule has 116 valence electrons. The van der Waals surface area contributed by atoms with Gasteiger partial charge in [0.2, 0.25) is 0 Å². The molecule has 1 aromatic carbocycles. The van der Waals surface area contributed by atoms with Crippen molar-refractivity contribution in [1.82, 2.24) is 15.5 Å². The number of carbonyl (C=O) groups is 1. The Balaban J connectivity index is 2.12. The zero-order chi connectivity index (χ0) is 16.3. The first-order valence-corrected chi connectivity index (χ1v) is 7.38. The first-order chi connectivity index (χ1) is 10.2. The highest BCUT2D eigenvalue weighted by Crippen LogP contribution is 2.27. The molecule has 22 heavy (non-hydrogen) atoms. The maximum absolute atomic E-state index is 12.0. The van der Waals surface area contributed by atoms with Gasteiger partial charge >= 0.3 is 0 Å². The van der Waals surface area contributed by atoms with Gasteiger partial charge in [0.05, 0.1) is 10.7 Å². The molecule has 2 rings (SSSR count). The number of nitrogens with one attached hydrogen (secondary N) is 2. The summed E-state index contributed by atoms with van der Waals surface area (Å²) in [5.41, 5.74) is 0.539. The van der Waals surface area contributed by atoms with Gasteiger partial charge in [0, 0.05) is 10.6 Å². The van der Waals surface area contributed by atoms with Gasteiger partial charge in [0.25, 0.3) is 5.91 Å². The number of nitrogens with zero attached hydrogens (tertiary/aromatic N) is 2. The first-order valence-electron chi connectivity index (χ1n) is 6.63. The standard InChI is InChI=1S/C15H16Cl2N4O/c1-15(2,3)19-14(22)11-6-7-13(21-20-11)18-12-8-9(16)4-5-10(12)17/h4-8H,1-3H3,(H,18,21)(H,19,22). The minimum Gasteiger partial charge on any atom is -0.346 e. The molecule has 0 aliphatic carbocycles. The van der Waals surface area contributed by atoms with Crippen LogP contribution in [-0.4, -0.2) is 21.6 Å². The van der Waals surface area contributed by atoms with Gasteiger partial charge in [-0.3, -0.25) is 4.79 Å². The van der Waals surface area contributed by atoms with Crippen LogP contribution < -0.4 is 10.6 Å². The molecule has 2 aromatic rings. The smallest absolute Gasteiger partial charge is 0.272 e. The fourth-order valence-corrected chi connectivity index (χ4v) is 1.99. The Labute approximate surface area is 139 Å². The van der Waals surface area contributed by atoms with E-state index in [0.717, 1.165) is 0 Å². The van der Waals surface area contributed by atoms with Crippen molar-refractivity contribution in [3.05, 3.63) is 46.1 Å². The average molecular weight is 339 g/mol. The summed E-state index contributed by atoms with van der Waals surface area (Å²) in [4.78, 5) is 12.0. The summed E-state index contributed by atoms with van der Waals surface area (Å²) >= 11 is 12.0. The quantitative estimate of drug-likeness (QED) is 0.885. The van der Waals surface area contributed by atoms with Crippen molar-refractivity contribution in [3.63, 3.8) is 0 Å². The van der Waals surface area contributed by atoms with Crippen molar-refractivity contribution in [2.24, 2.45) is 0 Å². The number of amides is 1. The van der Waals surface area contributed by atoms with Crippen molar-refractivity contribution < 1.29 is 4.79 Å². The molecule has 0 saturated heterocycles. The molecular weight excluding hydrogens is 323 g/mol. The number of hydrogen-bond donors (Lipinski definition) is 2. The van der Waals surface area contributed by atoms with Gasteiger partial charge in [-0.2, -0.15) is 0 Å². The molecule has 0 aliphatic heterocycles. The third-order valence-electron chi connectivity index (χ3n) is 2.58. The molecule has 0 aliphatic rings. The number of carbonyl (C=O) groups excluding carboxylic acids is 1. The van der Waals surface area contributed by atoms with Gasteiger partial charge in [-0.1, -0.05) is 23.2 Å². The van der Waals surface area contributed by atoms with Gasteiger partial charge in [0.15, 0.2) is 11.5 Å². The molecule has 0 radical (unpaired) electrons.